The topological polar surface area (TPSA) is 102 Å². The summed E-state index contributed by atoms with van der Waals surface area (Å²) in [5, 5.41) is 13.6. The number of amides is 2. The van der Waals surface area contributed by atoms with Gasteiger partial charge in [-0.3, -0.25) is 20.4 Å². The van der Waals surface area contributed by atoms with E-state index >= 15 is 0 Å². The molecule has 2 heterocycles. The molecule has 0 fully saturated rings. The lowest BCUT2D eigenvalue weighted by atomic mass is 10.2. The van der Waals surface area contributed by atoms with E-state index in [0.717, 1.165) is 21.8 Å². The zero-order valence-corrected chi connectivity index (χ0v) is 13.0. The van der Waals surface area contributed by atoms with Crippen LogP contribution in [0, 0.1) is 5.82 Å². The monoisotopic (exact) mass is 346 g/mol. The molecule has 0 unspecified atom stereocenters. The van der Waals surface area contributed by atoms with Gasteiger partial charge in [0.2, 0.25) is 5.82 Å². The average molecular weight is 346 g/mol. The van der Waals surface area contributed by atoms with Gasteiger partial charge >= 0.3 is 0 Å². The van der Waals surface area contributed by atoms with Crippen molar-refractivity contribution in [3.05, 3.63) is 53.2 Å². The quantitative estimate of drug-likeness (QED) is 0.686. The molecular formula is C14H11FN6O2S. The van der Waals surface area contributed by atoms with Crippen molar-refractivity contribution >= 4 is 23.2 Å². The minimum Gasteiger partial charge on any atom is -0.271 e. The molecular weight excluding hydrogens is 335 g/mol. The molecule has 10 heteroatoms. The van der Waals surface area contributed by atoms with Gasteiger partial charge in [0.05, 0.1) is 4.88 Å². The summed E-state index contributed by atoms with van der Waals surface area (Å²) >= 11 is 1.46. The highest BCUT2D eigenvalue weighted by molar-refractivity contribution is 7.13. The fourth-order valence-corrected chi connectivity index (χ4v) is 2.43. The Kier molecular flexibility index (Phi) is 4.57. The summed E-state index contributed by atoms with van der Waals surface area (Å²) in [7, 11) is 0. The molecule has 2 amide bonds. The number of nitrogens with one attached hydrogen (secondary N) is 2. The smallest absolute Gasteiger partial charge is 0.269 e. The number of carbonyl (C=O) groups is 2. The number of tetrazole rings is 1. The number of aromatic nitrogens is 4. The Morgan fingerprint density at radius 3 is 2.67 bits per heavy atom. The van der Waals surface area contributed by atoms with E-state index in [1.54, 1.807) is 0 Å². The molecule has 0 atom stereocenters. The van der Waals surface area contributed by atoms with E-state index in [1.165, 1.54) is 23.5 Å². The van der Waals surface area contributed by atoms with Crippen molar-refractivity contribution in [1.29, 1.82) is 0 Å². The second kappa shape index (κ2) is 6.96. The highest BCUT2D eigenvalue weighted by Gasteiger charge is 2.11. The molecule has 0 saturated heterocycles. The average Bonchev–Trinajstić information content (AvgIpc) is 3.24. The van der Waals surface area contributed by atoms with Crippen molar-refractivity contribution in [2.45, 2.75) is 6.54 Å². The number of rotatable bonds is 4. The van der Waals surface area contributed by atoms with Gasteiger partial charge in [-0.1, -0.05) is 6.07 Å². The number of thiophene rings is 1. The minimum absolute atomic E-state index is 0.206. The van der Waals surface area contributed by atoms with E-state index in [0.29, 0.717) is 5.82 Å². The number of nitrogens with zero attached hydrogens (tertiary/aromatic N) is 4. The van der Waals surface area contributed by atoms with Crippen LogP contribution in [-0.4, -0.2) is 32.0 Å². The molecule has 0 bridgehead atoms. The minimum atomic E-state index is -0.561. The van der Waals surface area contributed by atoms with E-state index in [4.69, 9.17) is 0 Å². The van der Waals surface area contributed by atoms with Crippen LogP contribution in [0.25, 0.3) is 10.7 Å². The molecule has 1 aromatic carbocycles. The van der Waals surface area contributed by atoms with E-state index in [1.807, 2.05) is 17.5 Å². The Balaban J connectivity index is 1.52. The first-order chi connectivity index (χ1) is 11.6. The van der Waals surface area contributed by atoms with Gasteiger partial charge < -0.3 is 0 Å². The number of hydrogen-bond acceptors (Lipinski definition) is 6. The predicted octanol–water partition coefficient (Wildman–Crippen LogP) is 1.00. The molecule has 0 aliphatic rings. The molecule has 0 aliphatic carbocycles. The zero-order valence-electron chi connectivity index (χ0n) is 12.1. The lowest BCUT2D eigenvalue weighted by Crippen LogP contribution is -2.43. The molecule has 122 valence electrons. The maximum absolute atomic E-state index is 12.8. The molecule has 24 heavy (non-hydrogen) atoms. The SMILES string of the molecule is O=C(Cn1nnc(-c2cccs2)n1)NNC(=O)c1ccc(F)cc1. The predicted molar refractivity (Wildman–Crippen MR) is 83.1 cm³/mol. The maximum atomic E-state index is 12.8. The fourth-order valence-electron chi connectivity index (χ4n) is 1.78. The summed E-state index contributed by atoms with van der Waals surface area (Å²) in [5.74, 6) is -1.11. The summed E-state index contributed by atoms with van der Waals surface area (Å²) < 4.78 is 12.8. The Morgan fingerprint density at radius 1 is 1.17 bits per heavy atom. The van der Waals surface area contributed by atoms with Gasteiger partial charge in [-0.05, 0) is 40.9 Å². The third-order valence-corrected chi connectivity index (χ3v) is 3.77. The Morgan fingerprint density at radius 2 is 1.96 bits per heavy atom. The van der Waals surface area contributed by atoms with Crippen molar-refractivity contribution in [3.63, 3.8) is 0 Å². The second-order valence-corrected chi connectivity index (χ2v) is 5.58. The molecule has 3 rings (SSSR count). The van der Waals surface area contributed by atoms with Crippen LogP contribution in [0.2, 0.25) is 0 Å². The van der Waals surface area contributed by atoms with Gasteiger partial charge in [0.25, 0.3) is 11.8 Å². The standard InChI is InChI=1S/C14H11FN6O2S/c15-10-5-3-9(4-6-10)14(23)18-16-12(22)8-21-19-13(17-20-21)11-2-1-7-24-11/h1-7H,8H2,(H,16,22)(H,18,23). The van der Waals surface area contributed by atoms with Crippen LogP contribution < -0.4 is 10.9 Å². The summed E-state index contributed by atoms with van der Waals surface area (Å²) in [6.45, 7) is -0.206. The molecule has 2 aromatic heterocycles. The highest BCUT2D eigenvalue weighted by Crippen LogP contribution is 2.19. The van der Waals surface area contributed by atoms with Crippen LogP contribution in [0.15, 0.2) is 41.8 Å². The highest BCUT2D eigenvalue weighted by atomic mass is 32.1. The van der Waals surface area contributed by atoms with Crippen molar-refractivity contribution in [3.8, 4) is 10.7 Å². The van der Waals surface area contributed by atoms with E-state index in [2.05, 4.69) is 26.3 Å². The fraction of sp³-hybridized carbons (Fsp3) is 0.0714. The van der Waals surface area contributed by atoms with Gasteiger partial charge in [0, 0.05) is 5.56 Å². The van der Waals surface area contributed by atoms with Gasteiger partial charge in [-0.2, -0.15) is 4.80 Å². The van der Waals surface area contributed by atoms with Crippen LogP contribution in [0.3, 0.4) is 0 Å². The van der Waals surface area contributed by atoms with Crippen LogP contribution in [-0.2, 0) is 11.3 Å². The van der Waals surface area contributed by atoms with Crippen LogP contribution in [0.1, 0.15) is 10.4 Å². The van der Waals surface area contributed by atoms with Crippen LogP contribution in [0.4, 0.5) is 4.39 Å². The molecule has 0 aliphatic heterocycles. The summed E-state index contributed by atoms with van der Waals surface area (Å²) in [5.41, 5.74) is 4.67. The molecule has 0 radical (unpaired) electrons. The number of hydrazine groups is 1. The molecule has 0 saturated carbocycles. The zero-order chi connectivity index (χ0) is 16.9. The normalized spacial score (nSPS) is 10.4. The number of benzene rings is 1. The first-order valence-electron chi connectivity index (χ1n) is 6.78. The molecule has 8 nitrogen and oxygen atoms in total. The van der Waals surface area contributed by atoms with Crippen molar-refractivity contribution in [2.75, 3.05) is 0 Å². The van der Waals surface area contributed by atoms with E-state index < -0.39 is 17.6 Å². The van der Waals surface area contributed by atoms with Gasteiger partial charge in [0.1, 0.15) is 12.4 Å². The summed E-state index contributed by atoms with van der Waals surface area (Å²) in [6, 6.07) is 8.63. The second-order valence-electron chi connectivity index (χ2n) is 4.63. The third kappa shape index (κ3) is 3.79. The summed E-state index contributed by atoms with van der Waals surface area (Å²) in [6.07, 6.45) is 0. The number of halogens is 1. The Bertz CT molecular complexity index is 847. The van der Waals surface area contributed by atoms with E-state index in [9.17, 15) is 14.0 Å². The summed E-state index contributed by atoms with van der Waals surface area (Å²) in [4.78, 5) is 25.5. The largest absolute Gasteiger partial charge is 0.271 e. The van der Waals surface area contributed by atoms with Gasteiger partial charge in [-0.15, -0.1) is 21.5 Å². The van der Waals surface area contributed by atoms with Gasteiger partial charge in [0.15, 0.2) is 0 Å². The number of carbonyl (C=O) groups excluding carboxylic acids is 2. The van der Waals surface area contributed by atoms with Crippen molar-refractivity contribution < 1.29 is 14.0 Å². The molecule has 3 aromatic rings. The van der Waals surface area contributed by atoms with Gasteiger partial charge in [-0.25, -0.2) is 4.39 Å². The third-order valence-electron chi connectivity index (χ3n) is 2.90. The molecule has 2 N–H and O–H groups in total. The lowest BCUT2D eigenvalue weighted by Gasteiger charge is -2.06. The van der Waals surface area contributed by atoms with Crippen molar-refractivity contribution in [2.24, 2.45) is 0 Å². The van der Waals surface area contributed by atoms with Crippen molar-refractivity contribution in [1.82, 2.24) is 31.1 Å². The first-order valence-corrected chi connectivity index (χ1v) is 7.66. The lowest BCUT2D eigenvalue weighted by molar-refractivity contribution is -0.122. The molecule has 0 spiro atoms. The van der Waals surface area contributed by atoms with Crippen LogP contribution >= 0.6 is 11.3 Å². The van der Waals surface area contributed by atoms with Crippen LogP contribution in [0.5, 0.6) is 0 Å². The van der Waals surface area contributed by atoms with E-state index in [-0.39, 0.29) is 12.1 Å². The Hall–Kier alpha value is -3.14. The maximum Gasteiger partial charge on any atom is 0.269 e. The first kappa shape index (κ1) is 15.7. The number of hydrogen-bond donors (Lipinski definition) is 2. The Labute approximate surface area is 139 Å².